The number of anilines is 2. The van der Waals surface area contributed by atoms with Crippen LogP contribution in [0.1, 0.15) is 26.3 Å². The molecule has 0 aromatic heterocycles. The minimum Gasteiger partial charge on any atom is -0.367 e. The highest BCUT2D eigenvalue weighted by Gasteiger charge is 2.21. The molecule has 0 radical (unpaired) electrons. The fourth-order valence-electron chi connectivity index (χ4n) is 4.55. The molecule has 7 nitrogen and oxygen atoms in total. The molecular formula is C30H35Cl2N5O2. The van der Waals surface area contributed by atoms with Gasteiger partial charge in [-0.2, -0.15) is 0 Å². The van der Waals surface area contributed by atoms with E-state index in [1.54, 1.807) is 30.3 Å². The molecule has 1 fully saturated rings. The molecule has 4 rings (SSSR count). The zero-order valence-electron chi connectivity index (χ0n) is 22.4. The van der Waals surface area contributed by atoms with Crippen molar-refractivity contribution in [3.05, 3.63) is 93.5 Å². The van der Waals surface area contributed by atoms with Gasteiger partial charge in [0.2, 0.25) is 0 Å². The van der Waals surface area contributed by atoms with E-state index < -0.39 is 0 Å². The average molecular weight is 569 g/mol. The lowest BCUT2D eigenvalue weighted by Gasteiger charge is -2.37. The van der Waals surface area contributed by atoms with Gasteiger partial charge in [-0.05, 0) is 74.6 Å². The molecule has 1 aliphatic heterocycles. The highest BCUT2D eigenvalue weighted by Crippen LogP contribution is 2.29. The lowest BCUT2D eigenvalue weighted by Crippen LogP contribution is -2.48. The Hall–Kier alpha value is -3.10. The van der Waals surface area contributed by atoms with E-state index in [9.17, 15) is 9.59 Å². The zero-order chi connectivity index (χ0) is 27.8. The second-order valence-corrected chi connectivity index (χ2v) is 10.8. The highest BCUT2D eigenvalue weighted by atomic mass is 35.5. The van der Waals surface area contributed by atoms with Gasteiger partial charge in [0.25, 0.3) is 11.8 Å². The summed E-state index contributed by atoms with van der Waals surface area (Å²) < 4.78 is 0. The SMILES string of the molecule is CN(C)CCN1CCN(c2ccc(C(=O)NCCc3cccc(Cl)c3)cc2NC(=O)c2cccc(Cl)c2)CC1. The van der Waals surface area contributed by atoms with Crippen LogP contribution < -0.4 is 15.5 Å². The summed E-state index contributed by atoms with van der Waals surface area (Å²) in [6, 6.07) is 19.9. The fraction of sp³-hybridized carbons (Fsp3) is 0.333. The summed E-state index contributed by atoms with van der Waals surface area (Å²) in [6.07, 6.45) is 0.668. The number of rotatable bonds is 10. The molecule has 39 heavy (non-hydrogen) atoms. The molecule has 9 heteroatoms. The molecule has 2 amide bonds. The monoisotopic (exact) mass is 567 g/mol. The Labute approximate surface area is 240 Å². The van der Waals surface area contributed by atoms with Crippen molar-refractivity contribution in [2.24, 2.45) is 0 Å². The predicted molar refractivity (Wildman–Crippen MR) is 161 cm³/mol. The number of likely N-dealkylation sites (N-methyl/N-ethyl adjacent to an activating group) is 1. The first kappa shape index (κ1) is 28.9. The lowest BCUT2D eigenvalue weighted by molar-refractivity contribution is 0.0952. The normalized spacial score (nSPS) is 13.9. The van der Waals surface area contributed by atoms with Gasteiger partial charge in [0.05, 0.1) is 11.4 Å². The highest BCUT2D eigenvalue weighted by molar-refractivity contribution is 6.31. The van der Waals surface area contributed by atoms with E-state index in [1.807, 2.05) is 36.4 Å². The number of benzene rings is 3. The largest absolute Gasteiger partial charge is 0.367 e. The Balaban J connectivity index is 1.48. The molecule has 206 valence electrons. The first-order valence-corrected chi connectivity index (χ1v) is 13.9. The van der Waals surface area contributed by atoms with Crippen molar-refractivity contribution >= 4 is 46.4 Å². The number of nitrogens with zero attached hydrogens (tertiary/aromatic N) is 3. The third-order valence-electron chi connectivity index (χ3n) is 6.76. The topological polar surface area (TPSA) is 67.9 Å². The van der Waals surface area contributed by atoms with E-state index >= 15 is 0 Å². The number of nitrogens with one attached hydrogen (secondary N) is 2. The van der Waals surface area contributed by atoms with Crippen molar-refractivity contribution < 1.29 is 9.59 Å². The Morgan fingerprint density at radius 1 is 0.846 bits per heavy atom. The minimum atomic E-state index is -0.276. The number of piperazine rings is 1. The molecule has 1 saturated heterocycles. The zero-order valence-corrected chi connectivity index (χ0v) is 23.9. The third-order valence-corrected chi connectivity index (χ3v) is 7.23. The summed E-state index contributed by atoms with van der Waals surface area (Å²) in [5, 5.41) is 7.17. The summed E-state index contributed by atoms with van der Waals surface area (Å²) in [6.45, 7) is 6.04. The number of amides is 2. The Morgan fingerprint density at radius 2 is 1.54 bits per heavy atom. The second-order valence-electron chi connectivity index (χ2n) is 9.96. The van der Waals surface area contributed by atoms with Gasteiger partial charge >= 0.3 is 0 Å². The Morgan fingerprint density at radius 3 is 2.23 bits per heavy atom. The number of carbonyl (C=O) groups is 2. The fourth-order valence-corrected chi connectivity index (χ4v) is 4.95. The van der Waals surface area contributed by atoms with Crippen LogP contribution in [-0.4, -0.2) is 81.5 Å². The van der Waals surface area contributed by atoms with Gasteiger partial charge in [-0.15, -0.1) is 0 Å². The molecular weight excluding hydrogens is 533 g/mol. The van der Waals surface area contributed by atoms with E-state index in [2.05, 4.69) is 39.4 Å². The molecule has 1 heterocycles. The molecule has 3 aromatic rings. The van der Waals surface area contributed by atoms with Gasteiger partial charge in [-0.3, -0.25) is 14.5 Å². The quantitative estimate of drug-likeness (QED) is 0.364. The van der Waals surface area contributed by atoms with Crippen molar-refractivity contribution in [1.82, 2.24) is 15.1 Å². The number of hydrogen-bond acceptors (Lipinski definition) is 5. The summed E-state index contributed by atoms with van der Waals surface area (Å²) in [5.74, 6) is -0.475. The maximum atomic E-state index is 13.1. The van der Waals surface area contributed by atoms with Crippen LogP contribution in [0, 0.1) is 0 Å². The molecule has 1 aliphatic rings. The van der Waals surface area contributed by atoms with Gasteiger partial charge < -0.3 is 20.4 Å². The number of hydrogen-bond donors (Lipinski definition) is 2. The number of halogens is 2. The average Bonchev–Trinajstić information content (AvgIpc) is 2.92. The van der Waals surface area contributed by atoms with Crippen LogP contribution in [0.25, 0.3) is 0 Å². The van der Waals surface area contributed by atoms with E-state index in [0.717, 1.165) is 50.5 Å². The molecule has 0 bridgehead atoms. The summed E-state index contributed by atoms with van der Waals surface area (Å²) in [4.78, 5) is 33.0. The van der Waals surface area contributed by atoms with Crippen LogP contribution in [-0.2, 0) is 6.42 Å². The van der Waals surface area contributed by atoms with E-state index in [-0.39, 0.29) is 11.8 Å². The van der Waals surface area contributed by atoms with Crippen LogP contribution >= 0.6 is 23.2 Å². The first-order valence-electron chi connectivity index (χ1n) is 13.1. The van der Waals surface area contributed by atoms with E-state index in [0.29, 0.717) is 39.8 Å². The third kappa shape index (κ3) is 8.44. The molecule has 0 unspecified atom stereocenters. The number of carbonyl (C=O) groups excluding carboxylic acids is 2. The van der Waals surface area contributed by atoms with Crippen LogP contribution in [0.4, 0.5) is 11.4 Å². The van der Waals surface area contributed by atoms with Crippen molar-refractivity contribution in [2.75, 3.05) is 70.1 Å². The molecule has 0 saturated carbocycles. The van der Waals surface area contributed by atoms with Gasteiger partial charge in [0, 0.05) is 67.0 Å². The maximum absolute atomic E-state index is 13.1. The molecule has 3 aromatic carbocycles. The lowest BCUT2D eigenvalue weighted by atomic mass is 10.1. The van der Waals surface area contributed by atoms with Crippen LogP contribution in [0.3, 0.4) is 0 Å². The van der Waals surface area contributed by atoms with Crippen LogP contribution in [0.5, 0.6) is 0 Å². The van der Waals surface area contributed by atoms with Crippen LogP contribution in [0.2, 0.25) is 10.0 Å². The van der Waals surface area contributed by atoms with Gasteiger partial charge in [0.15, 0.2) is 0 Å². The molecule has 0 aliphatic carbocycles. The maximum Gasteiger partial charge on any atom is 0.255 e. The smallest absolute Gasteiger partial charge is 0.255 e. The van der Waals surface area contributed by atoms with Gasteiger partial charge in [-0.25, -0.2) is 0 Å². The predicted octanol–water partition coefficient (Wildman–Crippen LogP) is 4.90. The molecule has 0 atom stereocenters. The molecule has 2 N–H and O–H groups in total. The van der Waals surface area contributed by atoms with Gasteiger partial charge in [-0.1, -0.05) is 41.4 Å². The summed E-state index contributed by atoms with van der Waals surface area (Å²) >= 11 is 12.2. The Kier molecular flexibility index (Phi) is 10.2. The van der Waals surface area contributed by atoms with E-state index in [1.165, 1.54) is 0 Å². The van der Waals surface area contributed by atoms with Crippen LogP contribution in [0.15, 0.2) is 66.7 Å². The van der Waals surface area contributed by atoms with E-state index in [4.69, 9.17) is 23.2 Å². The van der Waals surface area contributed by atoms with Crippen molar-refractivity contribution in [2.45, 2.75) is 6.42 Å². The standard InChI is InChI=1S/C30H35Cl2N5O2/c1-35(2)13-14-36-15-17-37(18-16-36)28-10-9-24(29(38)33-12-11-22-5-3-7-25(31)19-22)21-27(28)34-30(39)23-6-4-8-26(32)20-23/h3-10,19-21H,11-18H2,1-2H3,(H,33,38)(H,34,39). The van der Waals surface area contributed by atoms with Gasteiger partial charge in [0.1, 0.15) is 0 Å². The summed E-state index contributed by atoms with van der Waals surface area (Å²) in [7, 11) is 4.17. The van der Waals surface area contributed by atoms with Crippen molar-refractivity contribution in [3.8, 4) is 0 Å². The summed E-state index contributed by atoms with van der Waals surface area (Å²) in [5.41, 5.74) is 3.49. The Bertz CT molecular complexity index is 1290. The minimum absolute atomic E-state index is 0.199. The second kappa shape index (κ2) is 13.8. The molecule has 0 spiro atoms. The first-order chi connectivity index (χ1) is 18.8. The van der Waals surface area contributed by atoms with Crippen molar-refractivity contribution in [1.29, 1.82) is 0 Å². The van der Waals surface area contributed by atoms with Crippen molar-refractivity contribution in [3.63, 3.8) is 0 Å².